The molecule has 0 bridgehead atoms. The van der Waals surface area contributed by atoms with Gasteiger partial charge in [-0.3, -0.25) is 9.69 Å². The maximum absolute atomic E-state index is 12.7. The van der Waals surface area contributed by atoms with Gasteiger partial charge in [0, 0.05) is 11.1 Å². The molecule has 1 fully saturated rings. The summed E-state index contributed by atoms with van der Waals surface area (Å²) >= 11 is 5.87. The molecule has 22 heavy (non-hydrogen) atoms. The molecule has 1 aliphatic rings. The van der Waals surface area contributed by atoms with Crippen molar-refractivity contribution in [3.8, 4) is 0 Å². The number of amides is 3. The second-order valence-electron chi connectivity index (χ2n) is 5.39. The SMILES string of the molecule is Cc1cc(CN2C(=O)NC(C)(c3ccc(Cl)cc3)C2=O)on1. The third-order valence-corrected chi connectivity index (χ3v) is 3.94. The lowest BCUT2D eigenvalue weighted by Gasteiger charge is -2.22. The molecule has 1 atom stereocenters. The molecule has 1 aromatic heterocycles. The Morgan fingerprint density at radius 3 is 2.59 bits per heavy atom. The largest absolute Gasteiger partial charge is 0.359 e. The number of nitrogens with one attached hydrogen (secondary N) is 1. The van der Waals surface area contributed by atoms with E-state index in [1.807, 2.05) is 0 Å². The van der Waals surface area contributed by atoms with Crippen LogP contribution in [-0.2, 0) is 16.9 Å². The van der Waals surface area contributed by atoms with Crippen LogP contribution in [-0.4, -0.2) is 22.0 Å². The fourth-order valence-corrected chi connectivity index (χ4v) is 2.59. The topological polar surface area (TPSA) is 75.4 Å². The van der Waals surface area contributed by atoms with E-state index < -0.39 is 11.6 Å². The second-order valence-corrected chi connectivity index (χ2v) is 5.82. The number of imide groups is 1. The summed E-state index contributed by atoms with van der Waals surface area (Å²) in [5.41, 5.74) is 0.255. The molecule has 3 amide bonds. The molecule has 1 saturated heterocycles. The Morgan fingerprint density at radius 1 is 1.32 bits per heavy atom. The number of aromatic nitrogens is 1. The first-order chi connectivity index (χ1) is 10.4. The van der Waals surface area contributed by atoms with Crippen LogP contribution in [0.3, 0.4) is 0 Å². The average molecular weight is 320 g/mol. The summed E-state index contributed by atoms with van der Waals surface area (Å²) in [5.74, 6) is 0.121. The lowest BCUT2D eigenvalue weighted by molar-refractivity contribution is -0.131. The van der Waals surface area contributed by atoms with E-state index in [1.165, 1.54) is 0 Å². The van der Waals surface area contributed by atoms with Crippen LogP contribution >= 0.6 is 11.6 Å². The van der Waals surface area contributed by atoms with E-state index in [0.29, 0.717) is 22.0 Å². The van der Waals surface area contributed by atoms with Gasteiger partial charge in [-0.15, -0.1) is 0 Å². The molecule has 3 rings (SSSR count). The highest BCUT2D eigenvalue weighted by Crippen LogP contribution is 2.30. The number of halogens is 1. The minimum absolute atomic E-state index is 0.0503. The first-order valence-corrected chi connectivity index (χ1v) is 7.10. The number of carbonyl (C=O) groups excluding carboxylic acids is 2. The summed E-state index contributed by atoms with van der Waals surface area (Å²) in [4.78, 5) is 26.0. The van der Waals surface area contributed by atoms with Crippen molar-refractivity contribution in [3.05, 3.63) is 52.4 Å². The number of carbonyl (C=O) groups is 2. The van der Waals surface area contributed by atoms with E-state index in [9.17, 15) is 9.59 Å². The number of nitrogens with zero attached hydrogens (tertiary/aromatic N) is 2. The number of benzene rings is 1. The summed E-state index contributed by atoms with van der Waals surface area (Å²) in [6.45, 7) is 3.49. The molecule has 2 heterocycles. The van der Waals surface area contributed by atoms with Crippen LogP contribution < -0.4 is 5.32 Å². The number of hydrogen-bond acceptors (Lipinski definition) is 4. The first kappa shape index (κ1) is 14.6. The summed E-state index contributed by atoms with van der Waals surface area (Å²) in [6, 6.07) is 8.05. The summed E-state index contributed by atoms with van der Waals surface area (Å²) in [6.07, 6.45) is 0. The van der Waals surface area contributed by atoms with Crippen LogP contribution in [0, 0.1) is 6.92 Å². The van der Waals surface area contributed by atoms with Gasteiger partial charge in [-0.2, -0.15) is 0 Å². The number of rotatable bonds is 3. The minimum Gasteiger partial charge on any atom is -0.359 e. The van der Waals surface area contributed by atoms with E-state index in [-0.39, 0.29) is 12.5 Å². The maximum Gasteiger partial charge on any atom is 0.325 e. The quantitative estimate of drug-likeness (QED) is 0.882. The molecule has 0 saturated carbocycles. The Bertz CT molecular complexity index is 741. The average Bonchev–Trinajstić information content (AvgIpc) is 2.97. The van der Waals surface area contributed by atoms with Gasteiger partial charge in [-0.05, 0) is 31.5 Å². The van der Waals surface area contributed by atoms with Gasteiger partial charge in [-0.25, -0.2) is 4.79 Å². The van der Waals surface area contributed by atoms with E-state index in [4.69, 9.17) is 16.1 Å². The van der Waals surface area contributed by atoms with E-state index >= 15 is 0 Å². The van der Waals surface area contributed by atoms with Gasteiger partial charge in [-0.1, -0.05) is 28.9 Å². The van der Waals surface area contributed by atoms with E-state index in [2.05, 4.69) is 10.5 Å². The van der Waals surface area contributed by atoms with Crippen LogP contribution in [0.4, 0.5) is 4.79 Å². The summed E-state index contributed by atoms with van der Waals surface area (Å²) in [5, 5.41) is 7.05. The minimum atomic E-state index is -1.11. The zero-order valence-corrected chi connectivity index (χ0v) is 12.8. The zero-order chi connectivity index (χ0) is 15.9. The molecular weight excluding hydrogens is 306 g/mol. The van der Waals surface area contributed by atoms with Crippen molar-refractivity contribution in [1.29, 1.82) is 0 Å². The fourth-order valence-electron chi connectivity index (χ4n) is 2.47. The Kier molecular flexibility index (Phi) is 3.41. The predicted octanol–water partition coefficient (Wildman–Crippen LogP) is 2.60. The molecule has 1 aliphatic heterocycles. The second kappa shape index (κ2) is 5.14. The van der Waals surface area contributed by atoms with Crippen molar-refractivity contribution in [2.45, 2.75) is 25.9 Å². The van der Waals surface area contributed by atoms with Crippen LogP contribution in [0.1, 0.15) is 23.9 Å². The van der Waals surface area contributed by atoms with Gasteiger partial charge >= 0.3 is 6.03 Å². The highest BCUT2D eigenvalue weighted by atomic mass is 35.5. The van der Waals surface area contributed by atoms with Crippen molar-refractivity contribution in [3.63, 3.8) is 0 Å². The first-order valence-electron chi connectivity index (χ1n) is 6.72. The van der Waals surface area contributed by atoms with Gasteiger partial charge in [0.1, 0.15) is 5.54 Å². The lowest BCUT2D eigenvalue weighted by Crippen LogP contribution is -2.40. The molecule has 2 aromatic rings. The standard InChI is InChI=1S/C15H14ClN3O3/c1-9-7-12(22-18-9)8-19-13(20)15(2,17-14(19)21)10-3-5-11(16)6-4-10/h3-7H,8H2,1-2H3,(H,17,21). The highest BCUT2D eigenvalue weighted by molar-refractivity contribution is 6.30. The number of urea groups is 1. The van der Waals surface area contributed by atoms with E-state index in [0.717, 1.165) is 4.90 Å². The molecule has 114 valence electrons. The fraction of sp³-hybridized carbons (Fsp3) is 0.267. The van der Waals surface area contributed by atoms with Crippen molar-refractivity contribution in [2.75, 3.05) is 0 Å². The Labute approximate surface area is 132 Å². The monoisotopic (exact) mass is 319 g/mol. The smallest absolute Gasteiger partial charge is 0.325 e. The van der Waals surface area contributed by atoms with Crippen LogP contribution in [0.15, 0.2) is 34.9 Å². The van der Waals surface area contributed by atoms with Gasteiger partial charge in [0.2, 0.25) is 0 Å². The van der Waals surface area contributed by atoms with E-state index in [1.54, 1.807) is 44.2 Å². The van der Waals surface area contributed by atoms with Gasteiger partial charge in [0.25, 0.3) is 5.91 Å². The Hall–Kier alpha value is -2.34. The lowest BCUT2D eigenvalue weighted by atomic mass is 9.92. The predicted molar refractivity (Wildman–Crippen MR) is 79.1 cm³/mol. The van der Waals surface area contributed by atoms with Gasteiger partial charge in [0.15, 0.2) is 5.76 Å². The third kappa shape index (κ3) is 2.35. The zero-order valence-electron chi connectivity index (χ0n) is 12.1. The Morgan fingerprint density at radius 2 is 2.00 bits per heavy atom. The van der Waals surface area contributed by atoms with Crippen LogP contribution in [0.5, 0.6) is 0 Å². The van der Waals surface area contributed by atoms with Crippen molar-refractivity contribution >= 4 is 23.5 Å². The molecule has 0 aliphatic carbocycles. The van der Waals surface area contributed by atoms with Crippen molar-refractivity contribution in [1.82, 2.24) is 15.4 Å². The molecular formula is C15H14ClN3O3. The van der Waals surface area contributed by atoms with Crippen molar-refractivity contribution < 1.29 is 14.1 Å². The Balaban J connectivity index is 1.88. The summed E-state index contributed by atoms with van der Waals surface area (Å²) < 4.78 is 5.07. The van der Waals surface area contributed by atoms with Gasteiger partial charge < -0.3 is 9.84 Å². The molecule has 0 radical (unpaired) electrons. The molecule has 0 spiro atoms. The number of aryl methyl sites for hydroxylation is 1. The van der Waals surface area contributed by atoms with Crippen LogP contribution in [0.2, 0.25) is 5.02 Å². The molecule has 1 aromatic carbocycles. The van der Waals surface area contributed by atoms with Crippen molar-refractivity contribution in [2.24, 2.45) is 0 Å². The molecule has 1 N–H and O–H groups in total. The number of hydrogen-bond donors (Lipinski definition) is 1. The maximum atomic E-state index is 12.7. The summed E-state index contributed by atoms with van der Waals surface area (Å²) in [7, 11) is 0. The van der Waals surface area contributed by atoms with Gasteiger partial charge in [0.05, 0.1) is 12.2 Å². The molecule has 7 heteroatoms. The normalized spacial score (nSPS) is 21.3. The highest BCUT2D eigenvalue weighted by Gasteiger charge is 2.49. The third-order valence-electron chi connectivity index (χ3n) is 3.69. The molecule has 1 unspecified atom stereocenters. The van der Waals surface area contributed by atoms with Crippen LogP contribution in [0.25, 0.3) is 0 Å². The molecule has 6 nitrogen and oxygen atoms in total.